The summed E-state index contributed by atoms with van der Waals surface area (Å²) in [5.74, 6) is -0.00583. The van der Waals surface area contributed by atoms with E-state index in [4.69, 9.17) is 5.73 Å². The molecule has 1 aliphatic carbocycles. The number of Topliss-reactive ketones (excluding diaryl/α,β-unsaturated/α-hetero) is 1. The van der Waals surface area contributed by atoms with Crippen molar-refractivity contribution in [2.24, 2.45) is 5.73 Å². The van der Waals surface area contributed by atoms with Gasteiger partial charge in [0.1, 0.15) is 0 Å². The smallest absolute Gasteiger partial charge is 0.190 e. The van der Waals surface area contributed by atoms with Crippen LogP contribution in [0.25, 0.3) is 0 Å². The third kappa shape index (κ3) is 2.60. The normalized spacial score (nSPS) is 19.3. The zero-order chi connectivity index (χ0) is 12.3. The molecule has 17 heavy (non-hydrogen) atoms. The highest BCUT2D eigenvalue weighted by Crippen LogP contribution is 2.16. The van der Waals surface area contributed by atoms with E-state index < -0.39 is 0 Å². The molecule has 1 unspecified atom stereocenters. The number of hydrogen-bond donors (Lipinski definition) is 1. The Morgan fingerprint density at radius 3 is 2.65 bits per heavy atom. The molecule has 0 fully saturated rings. The lowest BCUT2D eigenvalue weighted by Crippen LogP contribution is -2.25. The monoisotopic (exact) mass is 225 g/mol. The van der Waals surface area contributed by atoms with E-state index in [2.05, 4.69) is 0 Å². The van der Waals surface area contributed by atoms with Crippen molar-refractivity contribution >= 4 is 5.78 Å². The summed E-state index contributed by atoms with van der Waals surface area (Å²) in [6.07, 6.45) is 7.52. The van der Waals surface area contributed by atoms with Gasteiger partial charge in [-0.2, -0.15) is 0 Å². The second kappa shape index (κ2) is 4.93. The molecule has 0 saturated carbocycles. The van der Waals surface area contributed by atoms with Crippen LogP contribution in [0.2, 0.25) is 0 Å². The van der Waals surface area contributed by atoms with E-state index >= 15 is 0 Å². The molecule has 0 heterocycles. The van der Waals surface area contributed by atoms with Crippen LogP contribution < -0.4 is 5.73 Å². The molecule has 2 nitrogen and oxygen atoms in total. The lowest BCUT2D eigenvalue weighted by molar-refractivity contribution is 0.103. The summed E-state index contributed by atoms with van der Waals surface area (Å²) in [5, 5.41) is 0. The molecule has 0 aromatic heterocycles. The molecule has 0 bridgehead atoms. The first kappa shape index (κ1) is 11.6. The van der Waals surface area contributed by atoms with Crippen LogP contribution in [0, 0.1) is 0 Å². The lowest BCUT2D eigenvalue weighted by atomic mass is 9.97. The van der Waals surface area contributed by atoms with Gasteiger partial charge < -0.3 is 5.73 Å². The zero-order valence-electron chi connectivity index (χ0n) is 9.76. The fourth-order valence-electron chi connectivity index (χ4n) is 1.83. The van der Waals surface area contributed by atoms with E-state index in [1.54, 1.807) is 18.2 Å². The Bertz CT molecular complexity index is 509. The second-order valence-electron chi connectivity index (χ2n) is 4.11. The zero-order valence-corrected chi connectivity index (χ0v) is 9.76. The highest BCUT2D eigenvalue weighted by atomic mass is 16.1. The minimum atomic E-state index is -0.335. The molecule has 0 aliphatic heterocycles. The number of rotatable bonds is 2. The maximum atomic E-state index is 12.3. The van der Waals surface area contributed by atoms with Gasteiger partial charge in [0, 0.05) is 11.1 Å². The number of benzene rings is 1. The Hall–Kier alpha value is -1.93. The Balaban J connectivity index is 2.33. The molecular weight excluding hydrogens is 210 g/mol. The van der Waals surface area contributed by atoms with Gasteiger partial charge in [0.2, 0.25) is 0 Å². The number of hydrogen-bond acceptors (Lipinski definition) is 2. The molecule has 2 N–H and O–H groups in total. The minimum Gasteiger partial charge on any atom is -0.321 e. The Morgan fingerprint density at radius 2 is 1.94 bits per heavy atom. The summed E-state index contributed by atoms with van der Waals surface area (Å²) in [5.41, 5.74) is 8.38. The Kier molecular flexibility index (Phi) is 3.35. The number of ketones is 1. The van der Waals surface area contributed by atoms with Gasteiger partial charge in [-0.05, 0) is 6.92 Å². The van der Waals surface area contributed by atoms with E-state index in [-0.39, 0.29) is 11.8 Å². The Labute approximate surface area is 101 Å². The van der Waals surface area contributed by atoms with E-state index in [0.29, 0.717) is 11.1 Å². The maximum Gasteiger partial charge on any atom is 0.190 e. The molecule has 0 spiro atoms. The summed E-state index contributed by atoms with van der Waals surface area (Å²) in [6, 6.07) is 8.88. The average molecular weight is 225 g/mol. The minimum absolute atomic E-state index is 0.00583. The van der Waals surface area contributed by atoms with E-state index in [1.165, 1.54) is 0 Å². The molecule has 1 atom stereocenters. The van der Waals surface area contributed by atoms with Crippen molar-refractivity contribution in [1.29, 1.82) is 0 Å². The van der Waals surface area contributed by atoms with Crippen molar-refractivity contribution in [2.75, 3.05) is 0 Å². The van der Waals surface area contributed by atoms with Gasteiger partial charge in [0.15, 0.2) is 5.78 Å². The van der Waals surface area contributed by atoms with E-state index in [0.717, 1.165) is 5.57 Å². The maximum absolute atomic E-state index is 12.3. The van der Waals surface area contributed by atoms with Gasteiger partial charge in [0.25, 0.3) is 0 Å². The molecule has 0 saturated heterocycles. The van der Waals surface area contributed by atoms with Crippen LogP contribution in [0.15, 0.2) is 65.8 Å². The fourth-order valence-corrected chi connectivity index (χ4v) is 1.83. The van der Waals surface area contributed by atoms with Gasteiger partial charge in [-0.3, -0.25) is 4.79 Å². The predicted molar refractivity (Wildman–Crippen MR) is 69.7 cm³/mol. The van der Waals surface area contributed by atoms with Crippen LogP contribution in [-0.2, 0) is 0 Å². The number of carbonyl (C=O) groups is 1. The molecule has 1 aromatic carbocycles. The van der Waals surface area contributed by atoms with Crippen molar-refractivity contribution in [3.05, 3.63) is 71.3 Å². The van der Waals surface area contributed by atoms with Gasteiger partial charge in [-0.25, -0.2) is 0 Å². The number of nitrogens with two attached hydrogens (primary N) is 1. The highest BCUT2D eigenvalue weighted by Gasteiger charge is 2.17. The van der Waals surface area contributed by atoms with Crippen LogP contribution >= 0.6 is 0 Å². The fraction of sp³-hybridized carbons (Fsp3) is 0.133. The first-order valence-electron chi connectivity index (χ1n) is 5.60. The van der Waals surface area contributed by atoms with Crippen molar-refractivity contribution in [3.8, 4) is 0 Å². The summed E-state index contributed by atoms with van der Waals surface area (Å²) < 4.78 is 0. The van der Waals surface area contributed by atoms with Crippen LogP contribution in [0.1, 0.15) is 17.3 Å². The highest BCUT2D eigenvalue weighted by molar-refractivity contribution is 6.10. The number of allylic oxidation sites excluding steroid dienone is 4. The standard InChI is InChI=1S/C15H15NO/c1-11-6-5-9-13(14(16)10-11)15(17)12-7-3-2-4-8-12/h2-10,14H,16H2,1H3. The quantitative estimate of drug-likeness (QED) is 0.786. The topological polar surface area (TPSA) is 43.1 Å². The third-order valence-electron chi connectivity index (χ3n) is 2.73. The van der Waals surface area contributed by atoms with Gasteiger partial charge in [0.05, 0.1) is 6.04 Å². The average Bonchev–Trinajstić information content (AvgIpc) is 2.50. The predicted octanol–water partition coefficient (Wildman–Crippen LogP) is 2.64. The summed E-state index contributed by atoms with van der Waals surface area (Å²) in [4.78, 5) is 12.3. The van der Waals surface area contributed by atoms with Crippen molar-refractivity contribution in [3.63, 3.8) is 0 Å². The molecule has 1 aliphatic rings. The molecule has 86 valence electrons. The molecule has 0 radical (unpaired) electrons. The number of carbonyl (C=O) groups excluding carboxylic acids is 1. The van der Waals surface area contributed by atoms with E-state index in [1.807, 2.05) is 43.4 Å². The van der Waals surface area contributed by atoms with Gasteiger partial charge in [-0.15, -0.1) is 0 Å². The van der Waals surface area contributed by atoms with Gasteiger partial charge in [-0.1, -0.05) is 60.2 Å². The van der Waals surface area contributed by atoms with Gasteiger partial charge >= 0.3 is 0 Å². The van der Waals surface area contributed by atoms with Crippen LogP contribution in [-0.4, -0.2) is 11.8 Å². The first-order chi connectivity index (χ1) is 8.18. The van der Waals surface area contributed by atoms with Crippen LogP contribution in [0.4, 0.5) is 0 Å². The summed E-state index contributed by atoms with van der Waals surface area (Å²) in [6.45, 7) is 1.97. The van der Waals surface area contributed by atoms with Crippen molar-refractivity contribution < 1.29 is 4.79 Å². The summed E-state index contributed by atoms with van der Waals surface area (Å²) >= 11 is 0. The summed E-state index contributed by atoms with van der Waals surface area (Å²) in [7, 11) is 0. The van der Waals surface area contributed by atoms with Crippen molar-refractivity contribution in [1.82, 2.24) is 0 Å². The molecule has 2 rings (SSSR count). The largest absolute Gasteiger partial charge is 0.321 e. The van der Waals surface area contributed by atoms with Crippen LogP contribution in [0.3, 0.4) is 0 Å². The first-order valence-corrected chi connectivity index (χ1v) is 5.60. The SMILES string of the molecule is CC1=CC(N)C(C(=O)c2ccccc2)=CC=C1. The second-order valence-corrected chi connectivity index (χ2v) is 4.11. The van der Waals surface area contributed by atoms with Crippen LogP contribution in [0.5, 0.6) is 0 Å². The lowest BCUT2D eigenvalue weighted by Gasteiger charge is -2.10. The molecular formula is C15H15NO. The molecule has 2 heteroatoms. The van der Waals surface area contributed by atoms with E-state index in [9.17, 15) is 4.79 Å². The Morgan fingerprint density at radius 1 is 1.24 bits per heavy atom. The molecule has 0 amide bonds. The molecule has 1 aromatic rings. The third-order valence-corrected chi connectivity index (χ3v) is 2.73. The van der Waals surface area contributed by atoms with Crippen molar-refractivity contribution in [2.45, 2.75) is 13.0 Å².